The first-order valence-corrected chi connectivity index (χ1v) is 6.14. The fourth-order valence-corrected chi connectivity index (χ4v) is 2.14. The molecule has 0 spiro atoms. The zero-order valence-electron chi connectivity index (χ0n) is 10.5. The third-order valence-corrected chi connectivity index (χ3v) is 3.02. The van der Waals surface area contributed by atoms with Gasteiger partial charge in [-0.1, -0.05) is 36.4 Å². The van der Waals surface area contributed by atoms with Crippen LogP contribution in [0.4, 0.5) is 4.39 Å². The Labute approximate surface area is 115 Å². The summed E-state index contributed by atoms with van der Waals surface area (Å²) in [5, 5.41) is 4.19. The van der Waals surface area contributed by atoms with E-state index in [1.54, 1.807) is 16.8 Å². The lowest BCUT2D eigenvalue weighted by molar-refractivity contribution is 0.112. The molecule has 0 atom stereocenters. The van der Waals surface area contributed by atoms with Crippen molar-refractivity contribution in [2.75, 3.05) is 0 Å². The second-order valence-corrected chi connectivity index (χ2v) is 4.32. The second kappa shape index (κ2) is 5.09. The number of hydrogen-bond donors (Lipinski definition) is 0. The topological polar surface area (TPSA) is 34.9 Å². The molecule has 0 saturated carbocycles. The molecule has 0 radical (unpaired) electrons. The fourth-order valence-electron chi connectivity index (χ4n) is 2.14. The molecule has 2 aromatic carbocycles. The van der Waals surface area contributed by atoms with E-state index in [0.717, 1.165) is 11.8 Å². The average molecular weight is 266 g/mol. The van der Waals surface area contributed by atoms with Gasteiger partial charge in [-0.3, -0.25) is 4.79 Å². The van der Waals surface area contributed by atoms with Crippen LogP contribution in [0.2, 0.25) is 0 Å². The van der Waals surface area contributed by atoms with Crippen LogP contribution in [0.1, 0.15) is 10.4 Å². The molecule has 0 aliphatic carbocycles. The van der Waals surface area contributed by atoms with Gasteiger partial charge in [0.2, 0.25) is 0 Å². The minimum absolute atomic E-state index is 0.343. The highest BCUT2D eigenvalue weighted by Gasteiger charge is 2.13. The van der Waals surface area contributed by atoms with E-state index in [9.17, 15) is 9.18 Å². The van der Waals surface area contributed by atoms with Crippen LogP contribution in [0.3, 0.4) is 0 Å². The van der Waals surface area contributed by atoms with Crippen LogP contribution in [0.5, 0.6) is 0 Å². The molecule has 0 aliphatic heterocycles. The van der Waals surface area contributed by atoms with Crippen LogP contribution in [0, 0.1) is 5.82 Å². The van der Waals surface area contributed by atoms with Crippen molar-refractivity contribution in [3.8, 4) is 16.9 Å². The smallest absolute Gasteiger partial charge is 0.153 e. The Morgan fingerprint density at radius 2 is 1.85 bits per heavy atom. The highest BCUT2D eigenvalue weighted by atomic mass is 19.1. The van der Waals surface area contributed by atoms with Crippen molar-refractivity contribution >= 4 is 6.29 Å². The Hall–Kier alpha value is -2.75. The molecule has 3 rings (SSSR count). The summed E-state index contributed by atoms with van der Waals surface area (Å²) in [4.78, 5) is 11.2. The second-order valence-electron chi connectivity index (χ2n) is 4.32. The first-order chi connectivity index (χ1) is 9.79. The standard InChI is InChI=1S/C16H11FN2O/c17-14-7-4-8-15(9-14)19-16(13(11-20)10-18-19)12-5-2-1-3-6-12/h1-11H. The predicted molar refractivity (Wildman–Crippen MR) is 74.3 cm³/mol. The van der Waals surface area contributed by atoms with Crippen LogP contribution in [-0.2, 0) is 0 Å². The number of aldehydes is 1. The Morgan fingerprint density at radius 1 is 1.05 bits per heavy atom. The molecule has 3 aromatic rings. The van der Waals surface area contributed by atoms with Gasteiger partial charge in [0.05, 0.1) is 23.1 Å². The largest absolute Gasteiger partial charge is 0.298 e. The van der Waals surface area contributed by atoms with E-state index < -0.39 is 0 Å². The van der Waals surface area contributed by atoms with Gasteiger partial charge in [0, 0.05) is 5.56 Å². The molecule has 4 heteroatoms. The van der Waals surface area contributed by atoms with Gasteiger partial charge in [0.1, 0.15) is 5.82 Å². The Bertz CT molecular complexity index is 750. The summed E-state index contributed by atoms with van der Waals surface area (Å²) >= 11 is 0. The van der Waals surface area contributed by atoms with Gasteiger partial charge in [-0.25, -0.2) is 9.07 Å². The summed E-state index contributed by atoms with van der Waals surface area (Å²) < 4.78 is 14.9. The number of carbonyl (C=O) groups excluding carboxylic acids is 1. The number of nitrogens with zero attached hydrogens (tertiary/aromatic N) is 2. The van der Waals surface area contributed by atoms with Crippen LogP contribution in [0.15, 0.2) is 60.8 Å². The molecule has 0 aliphatic rings. The number of carbonyl (C=O) groups is 1. The molecular formula is C16H11FN2O. The normalized spacial score (nSPS) is 10.4. The van der Waals surface area contributed by atoms with Gasteiger partial charge in [-0.05, 0) is 18.2 Å². The maximum absolute atomic E-state index is 13.4. The number of rotatable bonds is 3. The lowest BCUT2D eigenvalue weighted by Gasteiger charge is -2.08. The van der Waals surface area contributed by atoms with Crippen molar-refractivity contribution in [3.05, 3.63) is 72.2 Å². The third-order valence-electron chi connectivity index (χ3n) is 3.02. The minimum Gasteiger partial charge on any atom is -0.298 e. The summed E-state index contributed by atoms with van der Waals surface area (Å²) in [6.45, 7) is 0. The van der Waals surface area contributed by atoms with Gasteiger partial charge in [0.15, 0.2) is 6.29 Å². The Morgan fingerprint density at radius 3 is 2.55 bits per heavy atom. The Kier molecular flexibility index (Phi) is 3.13. The van der Waals surface area contributed by atoms with E-state index in [4.69, 9.17) is 0 Å². The van der Waals surface area contributed by atoms with Crippen molar-refractivity contribution in [3.63, 3.8) is 0 Å². The average Bonchev–Trinajstić information content (AvgIpc) is 2.92. The molecule has 98 valence electrons. The molecule has 0 bridgehead atoms. The van der Waals surface area contributed by atoms with Crippen molar-refractivity contribution in [1.29, 1.82) is 0 Å². The first-order valence-electron chi connectivity index (χ1n) is 6.14. The fraction of sp³-hybridized carbons (Fsp3) is 0. The molecule has 3 nitrogen and oxygen atoms in total. The van der Waals surface area contributed by atoms with Crippen molar-refractivity contribution < 1.29 is 9.18 Å². The van der Waals surface area contributed by atoms with Gasteiger partial charge in [-0.15, -0.1) is 0 Å². The molecule has 0 amide bonds. The summed E-state index contributed by atoms with van der Waals surface area (Å²) in [7, 11) is 0. The predicted octanol–water partition coefficient (Wildman–Crippen LogP) is 3.49. The summed E-state index contributed by atoms with van der Waals surface area (Å²) in [6.07, 6.45) is 2.24. The molecule has 1 aromatic heterocycles. The van der Waals surface area contributed by atoms with Gasteiger partial charge in [-0.2, -0.15) is 5.10 Å². The van der Waals surface area contributed by atoms with E-state index in [0.29, 0.717) is 16.9 Å². The van der Waals surface area contributed by atoms with Crippen molar-refractivity contribution in [1.82, 2.24) is 9.78 Å². The molecule has 0 saturated heterocycles. The van der Waals surface area contributed by atoms with Gasteiger partial charge < -0.3 is 0 Å². The molecule has 0 fully saturated rings. The molecule has 0 unspecified atom stereocenters. The summed E-state index contributed by atoms with van der Waals surface area (Å²) in [6, 6.07) is 15.6. The lowest BCUT2D eigenvalue weighted by atomic mass is 10.1. The van der Waals surface area contributed by atoms with Crippen LogP contribution >= 0.6 is 0 Å². The summed E-state index contributed by atoms with van der Waals surface area (Å²) in [5.41, 5.74) is 2.57. The maximum Gasteiger partial charge on any atom is 0.153 e. The van der Waals surface area contributed by atoms with E-state index in [1.165, 1.54) is 18.3 Å². The van der Waals surface area contributed by atoms with E-state index in [-0.39, 0.29) is 5.82 Å². The monoisotopic (exact) mass is 266 g/mol. The van der Waals surface area contributed by atoms with Gasteiger partial charge in [0.25, 0.3) is 0 Å². The first kappa shape index (κ1) is 12.3. The van der Waals surface area contributed by atoms with Crippen LogP contribution in [0.25, 0.3) is 16.9 Å². The van der Waals surface area contributed by atoms with E-state index in [2.05, 4.69) is 5.10 Å². The zero-order chi connectivity index (χ0) is 13.9. The SMILES string of the molecule is O=Cc1cnn(-c2cccc(F)c2)c1-c1ccccc1. The van der Waals surface area contributed by atoms with Crippen LogP contribution in [-0.4, -0.2) is 16.1 Å². The molecular weight excluding hydrogens is 255 g/mol. The number of aromatic nitrogens is 2. The highest BCUT2D eigenvalue weighted by Crippen LogP contribution is 2.25. The van der Waals surface area contributed by atoms with E-state index in [1.807, 2.05) is 30.3 Å². The molecule has 1 heterocycles. The highest BCUT2D eigenvalue weighted by molar-refractivity contribution is 5.86. The third kappa shape index (κ3) is 2.12. The van der Waals surface area contributed by atoms with Crippen molar-refractivity contribution in [2.45, 2.75) is 0 Å². The van der Waals surface area contributed by atoms with Gasteiger partial charge >= 0.3 is 0 Å². The van der Waals surface area contributed by atoms with Crippen molar-refractivity contribution in [2.24, 2.45) is 0 Å². The van der Waals surface area contributed by atoms with E-state index >= 15 is 0 Å². The quantitative estimate of drug-likeness (QED) is 0.680. The number of halogens is 1. The zero-order valence-corrected chi connectivity index (χ0v) is 10.5. The Balaban J connectivity index is 2.23. The minimum atomic E-state index is -0.343. The number of hydrogen-bond acceptors (Lipinski definition) is 2. The maximum atomic E-state index is 13.4. The molecule has 0 N–H and O–H groups in total. The molecule has 20 heavy (non-hydrogen) atoms. The number of benzene rings is 2. The van der Waals surface area contributed by atoms with Crippen LogP contribution < -0.4 is 0 Å². The lowest BCUT2D eigenvalue weighted by Crippen LogP contribution is -2.00. The summed E-state index contributed by atoms with van der Waals surface area (Å²) in [5.74, 6) is -0.343.